The molecule has 0 N–H and O–H groups in total. The Bertz CT molecular complexity index is 395. The van der Waals surface area contributed by atoms with Gasteiger partial charge in [0.1, 0.15) is 12.4 Å². The molecule has 0 bridgehead atoms. The molecule has 0 saturated carbocycles. The zero-order valence-corrected chi connectivity index (χ0v) is 14.6. The van der Waals surface area contributed by atoms with Crippen LogP contribution in [-0.4, -0.2) is 14.7 Å². The van der Waals surface area contributed by atoms with E-state index < -0.39 is 8.07 Å². The van der Waals surface area contributed by atoms with Crippen LogP contribution in [0.5, 0.6) is 5.75 Å². The molecule has 0 atom stereocenters. The van der Waals surface area contributed by atoms with Crippen molar-refractivity contribution in [3.63, 3.8) is 0 Å². The van der Waals surface area contributed by atoms with Crippen LogP contribution in [0.15, 0.2) is 30.9 Å². The van der Waals surface area contributed by atoms with Crippen LogP contribution >= 0.6 is 15.9 Å². The van der Waals surface area contributed by atoms with Gasteiger partial charge in [-0.1, -0.05) is 66.4 Å². The van der Waals surface area contributed by atoms with Crippen molar-refractivity contribution in [2.24, 2.45) is 0 Å². The third-order valence-electron chi connectivity index (χ3n) is 2.81. The maximum Gasteiger partial charge on any atom is 0.123 e. The highest BCUT2D eigenvalue weighted by Crippen LogP contribution is 2.36. The lowest BCUT2D eigenvalue weighted by Gasteiger charge is -2.27. The predicted octanol–water partition coefficient (Wildman–Crippen LogP) is 4.43. The number of para-hydroxylation sites is 1. The summed E-state index contributed by atoms with van der Waals surface area (Å²) in [6.45, 7) is 15.6. The number of ether oxygens (including phenoxy) is 1. The van der Waals surface area contributed by atoms with E-state index in [1.807, 2.05) is 0 Å². The number of halogens is 1. The molecule has 0 unspecified atom stereocenters. The van der Waals surface area contributed by atoms with Crippen molar-refractivity contribution in [2.45, 2.75) is 37.8 Å². The SMILES string of the molecule is C=CCOc1c(C(C)(C)Br)cccc1[Si](C)(C)C. The fourth-order valence-electron chi connectivity index (χ4n) is 1.89. The Labute approximate surface area is 120 Å². The Hall–Kier alpha value is -0.543. The quantitative estimate of drug-likeness (QED) is 0.442. The molecule has 18 heavy (non-hydrogen) atoms. The van der Waals surface area contributed by atoms with E-state index in [1.165, 1.54) is 10.8 Å². The minimum atomic E-state index is -1.42. The number of hydrogen-bond acceptors (Lipinski definition) is 1. The molecule has 0 radical (unpaired) electrons. The van der Waals surface area contributed by atoms with Gasteiger partial charge >= 0.3 is 0 Å². The lowest BCUT2D eigenvalue weighted by atomic mass is 10.0. The molecule has 0 amide bonds. The second-order valence-electron chi connectivity index (χ2n) is 6.00. The van der Waals surface area contributed by atoms with Crippen molar-refractivity contribution < 1.29 is 4.74 Å². The van der Waals surface area contributed by atoms with Crippen LogP contribution in [0, 0.1) is 0 Å². The Morgan fingerprint density at radius 3 is 2.39 bits per heavy atom. The first-order chi connectivity index (χ1) is 8.18. The highest BCUT2D eigenvalue weighted by atomic mass is 79.9. The van der Waals surface area contributed by atoms with Gasteiger partial charge < -0.3 is 4.74 Å². The molecule has 0 saturated heterocycles. The van der Waals surface area contributed by atoms with Crippen LogP contribution in [0.3, 0.4) is 0 Å². The van der Waals surface area contributed by atoms with Gasteiger partial charge in [0.05, 0.1) is 8.07 Å². The second-order valence-corrected chi connectivity index (χ2v) is 13.0. The smallest absolute Gasteiger partial charge is 0.123 e. The minimum Gasteiger partial charge on any atom is -0.489 e. The van der Waals surface area contributed by atoms with Gasteiger partial charge in [-0.3, -0.25) is 0 Å². The largest absolute Gasteiger partial charge is 0.489 e. The van der Waals surface area contributed by atoms with Crippen molar-refractivity contribution in [2.75, 3.05) is 6.61 Å². The molecule has 0 aliphatic heterocycles. The van der Waals surface area contributed by atoms with Crippen LogP contribution in [0.4, 0.5) is 0 Å². The molecule has 1 rings (SSSR count). The van der Waals surface area contributed by atoms with Gasteiger partial charge in [0.15, 0.2) is 0 Å². The van der Waals surface area contributed by atoms with Crippen LogP contribution in [0.25, 0.3) is 0 Å². The monoisotopic (exact) mass is 326 g/mol. The van der Waals surface area contributed by atoms with Gasteiger partial charge in [-0.2, -0.15) is 0 Å². The van der Waals surface area contributed by atoms with Gasteiger partial charge in [0.2, 0.25) is 0 Å². The molecule has 1 nitrogen and oxygen atoms in total. The molecule has 0 spiro atoms. The summed E-state index contributed by atoms with van der Waals surface area (Å²) in [6.07, 6.45) is 1.80. The average molecular weight is 327 g/mol. The lowest BCUT2D eigenvalue weighted by molar-refractivity contribution is 0.359. The maximum absolute atomic E-state index is 5.96. The van der Waals surface area contributed by atoms with Crippen molar-refractivity contribution in [1.82, 2.24) is 0 Å². The van der Waals surface area contributed by atoms with Gasteiger partial charge in [-0.15, -0.1) is 0 Å². The first-order valence-corrected chi connectivity index (χ1v) is 10.5. The van der Waals surface area contributed by atoms with E-state index in [-0.39, 0.29) is 4.32 Å². The van der Waals surface area contributed by atoms with Gasteiger partial charge in [0, 0.05) is 9.89 Å². The van der Waals surface area contributed by atoms with Gasteiger partial charge in [-0.05, 0) is 19.0 Å². The number of alkyl halides is 1. The number of rotatable bonds is 5. The van der Waals surface area contributed by atoms with Gasteiger partial charge in [-0.25, -0.2) is 0 Å². The Morgan fingerprint density at radius 1 is 1.33 bits per heavy atom. The minimum absolute atomic E-state index is 0.0842. The predicted molar refractivity (Wildman–Crippen MR) is 87.1 cm³/mol. The van der Waals surface area contributed by atoms with Crippen molar-refractivity contribution in [1.29, 1.82) is 0 Å². The van der Waals surface area contributed by atoms with E-state index in [0.717, 1.165) is 5.75 Å². The van der Waals surface area contributed by atoms with Gasteiger partial charge in [0.25, 0.3) is 0 Å². The van der Waals surface area contributed by atoms with E-state index in [9.17, 15) is 0 Å². The summed E-state index contributed by atoms with van der Waals surface area (Å²) < 4.78 is 5.87. The third-order valence-corrected chi connectivity index (χ3v) is 5.25. The van der Waals surface area contributed by atoms with Crippen LogP contribution in [0.1, 0.15) is 19.4 Å². The molecule has 100 valence electrons. The lowest BCUT2D eigenvalue weighted by Crippen LogP contribution is -2.39. The summed E-state index contributed by atoms with van der Waals surface area (Å²) in [7, 11) is -1.42. The fourth-order valence-corrected chi connectivity index (χ4v) is 3.69. The van der Waals surface area contributed by atoms with Crippen molar-refractivity contribution >= 4 is 29.2 Å². The first-order valence-electron chi connectivity index (χ1n) is 6.24. The number of benzene rings is 1. The number of hydrogen-bond donors (Lipinski definition) is 0. The molecule has 1 aromatic rings. The molecule has 0 heterocycles. The Morgan fingerprint density at radius 2 is 1.94 bits per heavy atom. The highest BCUT2D eigenvalue weighted by Gasteiger charge is 2.28. The summed E-state index contributed by atoms with van der Waals surface area (Å²) in [5, 5.41) is 1.37. The summed E-state index contributed by atoms with van der Waals surface area (Å²) in [5.41, 5.74) is 1.21. The summed E-state index contributed by atoms with van der Waals surface area (Å²) >= 11 is 3.74. The van der Waals surface area contributed by atoms with E-state index >= 15 is 0 Å². The molecule has 0 fully saturated rings. The standard InChI is InChI=1S/C15H23BrOSi/c1-7-11-17-14-12(15(2,3)16)9-8-10-13(14)18(4,5)6/h7-10H,1,11H2,2-6H3. The molecular formula is C15H23BrOSi. The zero-order valence-electron chi connectivity index (χ0n) is 12.0. The molecule has 1 aromatic carbocycles. The summed E-state index contributed by atoms with van der Waals surface area (Å²) in [5.74, 6) is 1.04. The maximum atomic E-state index is 5.96. The normalized spacial score (nSPS) is 12.3. The Balaban J connectivity index is 3.40. The first kappa shape index (κ1) is 15.5. The van der Waals surface area contributed by atoms with Crippen LogP contribution in [-0.2, 0) is 4.32 Å². The molecule has 3 heteroatoms. The highest BCUT2D eigenvalue weighted by molar-refractivity contribution is 9.09. The van der Waals surface area contributed by atoms with E-state index in [0.29, 0.717) is 6.61 Å². The summed E-state index contributed by atoms with van der Waals surface area (Å²) in [4.78, 5) is 0. The molecule has 0 aromatic heterocycles. The van der Waals surface area contributed by atoms with E-state index in [2.05, 4.69) is 74.2 Å². The summed E-state index contributed by atoms with van der Waals surface area (Å²) in [6, 6.07) is 6.47. The molecule has 0 aliphatic rings. The van der Waals surface area contributed by atoms with Crippen molar-refractivity contribution in [3.05, 3.63) is 36.4 Å². The molecule has 0 aliphatic carbocycles. The average Bonchev–Trinajstić information content (AvgIpc) is 2.23. The van der Waals surface area contributed by atoms with E-state index in [4.69, 9.17) is 4.74 Å². The second kappa shape index (κ2) is 5.62. The Kier molecular flexibility index (Phi) is 4.84. The zero-order chi connectivity index (χ0) is 14.0. The van der Waals surface area contributed by atoms with Crippen LogP contribution in [0.2, 0.25) is 19.6 Å². The fraction of sp³-hybridized carbons (Fsp3) is 0.467. The van der Waals surface area contributed by atoms with Crippen LogP contribution < -0.4 is 9.92 Å². The topological polar surface area (TPSA) is 9.23 Å². The van der Waals surface area contributed by atoms with Crippen molar-refractivity contribution in [3.8, 4) is 5.75 Å². The molecular weight excluding hydrogens is 304 g/mol. The van der Waals surface area contributed by atoms with E-state index in [1.54, 1.807) is 6.08 Å². The third kappa shape index (κ3) is 3.72.